The van der Waals surface area contributed by atoms with Gasteiger partial charge in [0, 0.05) is 0 Å². The van der Waals surface area contributed by atoms with Crippen LogP contribution in [-0.2, 0) is 4.79 Å². The summed E-state index contributed by atoms with van der Waals surface area (Å²) in [5.74, 6) is -1.20. The van der Waals surface area contributed by atoms with Gasteiger partial charge in [-0.25, -0.2) is 4.79 Å². The van der Waals surface area contributed by atoms with Gasteiger partial charge in [0.15, 0.2) is 5.60 Å². The van der Waals surface area contributed by atoms with Crippen LogP contribution in [0.4, 0.5) is 0 Å². The monoisotopic (exact) mass is 186 g/mol. The van der Waals surface area contributed by atoms with E-state index in [9.17, 15) is 15.0 Å². The Kier molecular flexibility index (Phi) is 3.06. The molecule has 0 saturated heterocycles. The van der Waals surface area contributed by atoms with Gasteiger partial charge in [-0.15, -0.1) is 0 Å². The molecule has 0 bridgehead atoms. The third-order valence-electron chi connectivity index (χ3n) is 2.33. The van der Waals surface area contributed by atoms with Crippen molar-refractivity contribution in [3.8, 4) is 0 Å². The fourth-order valence-corrected chi connectivity index (χ4v) is 1.40. The number of rotatable bonds is 1. The zero-order valence-corrected chi connectivity index (χ0v) is 7.31. The fourth-order valence-electron chi connectivity index (χ4n) is 1.40. The lowest BCUT2D eigenvalue weighted by molar-refractivity contribution is -0.160. The van der Waals surface area contributed by atoms with Crippen molar-refractivity contribution in [3.63, 3.8) is 0 Å². The largest absolute Gasteiger partial charge is 0.479 e. The van der Waals surface area contributed by atoms with E-state index in [1.54, 1.807) is 12.2 Å². The van der Waals surface area contributed by atoms with Gasteiger partial charge in [0.05, 0.1) is 6.10 Å². The second-order valence-corrected chi connectivity index (χ2v) is 3.41. The topological polar surface area (TPSA) is 77.8 Å². The number of aliphatic carboxylic acids is 1. The maximum atomic E-state index is 10.7. The third-order valence-corrected chi connectivity index (χ3v) is 2.33. The summed E-state index contributed by atoms with van der Waals surface area (Å²) in [6.07, 6.45) is 3.81. The van der Waals surface area contributed by atoms with Gasteiger partial charge < -0.3 is 15.3 Å². The van der Waals surface area contributed by atoms with Gasteiger partial charge in [-0.3, -0.25) is 0 Å². The molecule has 74 valence electrons. The molecule has 0 aliphatic heterocycles. The molecule has 0 radical (unpaired) electrons. The Hall–Kier alpha value is -0.870. The van der Waals surface area contributed by atoms with E-state index in [-0.39, 0.29) is 12.8 Å². The molecule has 4 heteroatoms. The molecule has 3 N–H and O–H groups in total. The average molecular weight is 186 g/mol. The molecular formula is C9H14O4. The number of aliphatic hydroxyl groups is 2. The van der Waals surface area contributed by atoms with Crippen LogP contribution in [0, 0.1) is 0 Å². The Labute approximate surface area is 76.5 Å². The van der Waals surface area contributed by atoms with Gasteiger partial charge >= 0.3 is 5.97 Å². The van der Waals surface area contributed by atoms with E-state index >= 15 is 0 Å². The van der Waals surface area contributed by atoms with Gasteiger partial charge in [-0.1, -0.05) is 12.2 Å². The van der Waals surface area contributed by atoms with E-state index in [0.29, 0.717) is 12.8 Å². The summed E-state index contributed by atoms with van der Waals surface area (Å²) in [5, 5.41) is 27.6. The predicted octanol–water partition coefficient (Wildman–Crippen LogP) is 0.293. The molecule has 0 saturated carbocycles. The minimum absolute atomic E-state index is 0.105. The normalized spacial score (nSPS) is 37.5. The van der Waals surface area contributed by atoms with E-state index in [0.717, 1.165) is 0 Å². The first kappa shape index (κ1) is 10.2. The Balaban J connectivity index is 2.68. The molecule has 13 heavy (non-hydrogen) atoms. The van der Waals surface area contributed by atoms with Gasteiger partial charge in [0.2, 0.25) is 0 Å². The van der Waals surface area contributed by atoms with E-state index in [1.807, 2.05) is 0 Å². The number of carboxylic acids is 1. The number of hydrogen-bond acceptors (Lipinski definition) is 3. The summed E-state index contributed by atoms with van der Waals surface area (Å²) in [6, 6.07) is 0. The molecule has 0 fully saturated rings. The molecule has 2 atom stereocenters. The molecule has 1 aliphatic carbocycles. The molecule has 0 heterocycles. The average Bonchev–Trinajstić information content (AvgIpc) is 2.06. The maximum absolute atomic E-state index is 10.7. The Morgan fingerprint density at radius 3 is 2.77 bits per heavy atom. The highest BCUT2D eigenvalue weighted by atomic mass is 16.4. The second-order valence-electron chi connectivity index (χ2n) is 3.41. The molecule has 0 aromatic carbocycles. The first-order valence-corrected chi connectivity index (χ1v) is 4.35. The summed E-state index contributed by atoms with van der Waals surface area (Å²) in [7, 11) is 0. The summed E-state index contributed by atoms with van der Waals surface area (Å²) >= 11 is 0. The van der Waals surface area contributed by atoms with E-state index in [4.69, 9.17) is 5.11 Å². The number of carboxylic acid groups (broad SMARTS) is 1. The zero-order chi connectivity index (χ0) is 9.90. The van der Waals surface area contributed by atoms with Crippen molar-refractivity contribution in [2.45, 2.75) is 37.4 Å². The number of aliphatic hydroxyl groups excluding tert-OH is 1. The Morgan fingerprint density at radius 1 is 1.46 bits per heavy atom. The molecule has 0 spiro atoms. The second kappa shape index (κ2) is 3.89. The maximum Gasteiger partial charge on any atom is 0.335 e. The van der Waals surface area contributed by atoms with Crippen LogP contribution in [0.2, 0.25) is 0 Å². The number of allylic oxidation sites excluding steroid dienone is 1. The van der Waals surface area contributed by atoms with Gasteiger partial charge in [0.25, 0.3) is 0 Å². The van der Waals surface area contributed by atoms with Crippen LogP contribution in [0.25, 0.3) is 0 Å². The first-order chi connectivity index (χ1) is 6.04. The van der Waals surface area contributed by atoms with Crippen molar-refractivity contribution in [3.05, 3.63) is 12.2 Å². The van der Waals surface area contributed by atoms with Gasteiger partial charge in [-0.05, 0) is 25.7 Å². The Morgan fingerprint density at radius 2 is 2.15 bits per heavy atom. The molecular weight excluding hydrogens is 172 g/mol. The van der Waals surface area contributed by atoms with Crippen LogP contribution < -0.4 is 0 Å². The van der Waals surface area contributed by atoms with E-state index < -0.39 is 17.7 Å². The Bertz CT molecular complexity index is 224. The van der Waals surface area contributed by atoms with Crippen molar-refractivity contribution in [1.29, 1.82) is 0 Å². The van der Waals surface area contributed by atoms with Crippen LogP contribution >= 0.6 is 0 Å². The fraction of sp³-hybridized carbons (Fsp3) is 0.667. The lowest BCUT2D eigenvalue weighted by atomic mass is 9.89. The minimum atomic E-state index is -1.66. The van der Waals surface area contributed by atoms with Crippen LogP contribution in [0.5, 0.6) is 0 Å². The molecule has 1 rings (SSSR count). The molecule has 0 aromatic rings. The quantitative estimate of drug-likeness (QED) is 0.514. The molecule has 1 aliphatic rings. The number of carbonyl (C=O) groups is 1. The molecule has 0 aromatic heterocycles. The lowest BCUT2D eigenvalue weighted by Gasteiger charge is -2.25. The van der Waals surface area contributed by atoms with E-state index in [1.165, 1.54) is 0 Å². The molecule has 4 nitrogen and oxygen atoms in total. The smallest absolute Gasteiger partial charge is 0.335 e. The molecule has 0 amide bonds. The zero-order valence-electron chi connectivity index (χ0n) is 7.31. The van der Waals surface area contributed by atoms with Crippen LogP contribution in [0.15, 0.2) is 12.2 Å². The summed E-state index contributed by atoms with van der Waals surface area (Å²) < 4.78 is 0. The molecule has 0 unspecified atom stereocenters. The van der Waals surface area contributed by atoms with Crippen molar-refractivity contribution in [2.75, 3.05) is 0 Å². The SMILES string of the molecule is O=C(O)[C@]1(O)CC/C=C\[C@H](O)CC1. The van der Waals surface area contributed by atoms with Crippen LogP contribution in [0.1, 0.15) is 25.7 Å². The highest BCUT2D eigenvalue weighted by Crippen LogP contribution is 2.23. The summed E-state index contributed by atoms with van der Waals surface area (Å²) in [4.78, 5) is 10.7. The summed E-state index contributed by atoms with van der Waals surface area (Å²) in [6.45, 7) is 0. The van der Waals surface area contributed by atoms with Crippen molar-refractivity contribution in [2.24, 2.45) is 0 Å². The van der Waals surface area contributed by atoms with Crippen molar-refractivity contribution >= 4 is 5.97 Å². The number of hydrogen-bond donors (Lipinski definition) is 3. The lowest BCUT2D eigenvalue weighted by Crippen LogP contribution is -2.39. The highest BCUT2D eigenvalue weighted by Gasteiger charge is 2.35. The van der Waals surface area contributed by atoms with E-state index in [2.05, 4.69) is 0 Å². The van der Waals surface area contributed by atoms with Crippen LogP contribution in [0.3, 0.4) is 0 Å². The predicted molar refractivity (Wildman–Crippen MR) is 46.2 cm³/mol. The van der Waals surface area contributed by atoms with Crippen molar-refractivity contribution < 1.29 is 20.1 Å². The van der Waals surface area contributed by atoms with Gasteiger partial charge in [-0.2, -0.15) is 0 Å². The first-order valence-electron chi connectivity index (χ1n) is 4.35. The highest BCUT2D eigenvalue weighted by molar-refractivity contribution is 5.77. The third kappa shape index (κ3) is 2.54. The van der Waals surface area contributed by atoms with Crippen molar-refractivity contribution in [1.82, 2.24) is 0 Å². The van der Waals surface area contributed by atoms with Crippen LogP contribution in [-0.4, -0.2) is 33.0 Å². The van der Waals surface area contributed by atoms with Gasteiger partial charge in [0.1, 0.15) is 0 Å². The summed E-state index contributed by atoms with van der Waals surface area (Å²) in [5.41, 5.74) is -1.66. The minimum Gasteiger partial charge on any atom is -0.479 e. The standard InChI is InChI=1S/C9H14O4/c10-7-3-1-2-5-9(13,6-4-7)8(11)12/h1,3,7,10,13H,2,4-6H2,(H,11,12)/b3-1-/t7-,9-/m0/s1.